The zero-order valence-corrected chi connectivity index (χ0v) is 12.1. The Kier molecular flexibility index (Phi) is 4.36. The lowest BCUT2D eigenvalue weighted by Gasteiger charge is -2.29. The molecule has 3 heteroatoms. The lowest BCUT2D eigenvalue weighted by atomic mass is 9.90. The molecule has 1 aliphatic carbocycles. The van der Waals surface area contributed by atoms with Crippen molar-refractivity contribution in [2.75, 3.05) is 19.6 Å². The number of quaternary nitrogens is 1. The second kappa shape index (κ2) is 6.40. The van der Waals surface area contributed by atoms with E-state index in [0.29, 0.717) is 12.6 Å². The van der Waals surface area contributed by atoms with E-state index in [2.05, 4.69) is 35.6 Å². The normalized spacial score (nSPS) is 26.2. The molecule has 0 bridgehead atoms. The minimum Gasteiger partial charge on any atom is -0.348 e. The average Bonchev–Trinajstić information content (AvgIpc) is 3.26. The highest BCUT2D eigenvalue weighted by molar-refractivity contribution is 5.77. The number of piperidine rings is 1. The molecule has 0 aromatic heterocycles. The van der Waals surface area contributed by atoms with E-state index in [0.717, 1.165) is 19.0 Å². The maximum atomic E-state index is 11.8. The number of benzene rings is 1. The van der Waals surface area contributed by atoms with Crippen molar-refractivity contribution < 1.29 is 9.69 Å². The summed E-state index contributed by atoms with van der Waals surface area (Å²) in [5.74, 6) is 1.05. The first-order valence-corrected chi connectivity index (χ1v) is 7.96. The average molecular weight is 273 g/mol. The largest absolute Gasteiger partial charge is 0.348 e. The van der Waals surface area contributed by atoms with E-state index < -0.39 is 0 Å². The molecule has 1 aromatic carbocycles. The number of likely N-dealkylation sites (tertiary alicyclic amines) is 1. The molecule has 1 amide bonds. The third-order valence-corrected chi connectivity index (χ3v) is 4.53. The fraction of sp³-hybridized carbons (Fsp3) is 0.588. The maximum absolute atomic E-state index is 11.8. The summed E-state index contributed by atoms with van der Waals surface area (Å²) in [4.78, 5) is 13.3. The quantitative estimate of drug-likeness (QED) is 0.817. The van der Waals surface area contributed by atoms with Crippen LogP contribution in [0.5, 0.6) is 0 Å². The molecule has 1 aromatic rings. The summed E-state index contributed by atoms with van der Waals surface area (Å²) >= 11 is 0. The number of nitrogens with one attached hydrogen (secondary N) is 2. The lowest BCUT2D eigenvalue weighted by molar-refractivity contribution is -0.898. The molecule has 20 heavy (non-hydrogen) atoms. The van der Waals surface area contributed by atoms with E-state index in [4.69, 9.17) is 0 Å². The van der Waals surface area contributed by atoms with Gasteiger partial charge in [-0.1, -0.05) is 30.3 Å². The minimum absolute atomic E-state index is 0.254. The van der Waals surface area contributed by atoms with Crippen LogP contribution in [0.4, 0.5) is 0 Å². The maximum Gasteiger partial charge on any atom is 0.275 e. The van der Waals surface area contributed by atoms with Gasteiger partial charge in [-0.2, -0.15) is 0 Å². The van der Waals surface area contributed by atoms with Crippen LogP contribution in [0.3, 0.4) is 0 Å². The van der Waals surface area contributed by atoms with Crippen molar-refractivity contribution in [3.63, 3.8) is 0 Å². The standard InChI is InChI=1S/C17H24N2O/c20-17(18-16-6-7-16)13-19-10-8-15(9-11-19)12-14-4-2-1-3-5-14/h1-5,15-16H,6-13H2,(H,18,20)/p+1. The first kappa shape index (κ1) is 13.6. The molecule has 1 saturated heterocycles. The molecule has 2 aliphatic rings. The van der Waals surface area contributed by atoms with Gasteiger partial charge in [0.2, 0.25) is 0 Å². The predicted molar refractivity (Wildman–Crippen MR) is 79.6 cm³/mol. The topological polar surface area (TPSA) is 33.5 Å². The molecule has 3 rings (SSSR count). The van der Waals surface area contributed by atoms with Crippen molar-refractivity contribution >= 4 is 5.91 Å². The Morgan fingerprint density at radius 2 is 1.80 bits per heavy atom. The molecule has 0 spiro atoms. The lowest BCUT2D eigenvalue weighted by Crippen LogP contribution is -3.14. The van der Waals surface area contributed by atoms with Gasteiger partial charge in [-0.25, -0.2) is 0 Å². The monoisotopic (exact) mass is 273 g/mol. The van der Waals surface area contributed by atoms with Crippen LogP contribution in [-0.2, 0) is 11.2 Å². The Hall–Kier alpha value is -1.35. The van der Waals surface area contributed by atoms with E-state index >= 15 is 0 Å². The van der Waals surface area contributed by atoms with Crippen molar-refractivity contribution in [1.29, 1.82) is 0 Å². The molecular weight excluding hydrogens is 248 g/mol. The van der Waals surface area contributed by atoms with Crippen LogP contribution in [0.25, 0.3) is 0 Å². The molecule has 1 heterocycles. The van der Waals surface area contributed by atoms with E-state index in [1.807, 2.05) is 0 Å². The predicted octanol–water partition coefficient (Wildman–Crippen LogP) is 0.803. The highest BCUT2D eigenvalue weighted by Crippen LogP contribution is 2.18. The van der Waals surface area contributed by atoms with E-state index in [1.165, 1.54) is 42.6 Å². The third-order valence-electron chi connectivity index (χ3n) is 4.53. The van der Waals surface area contributed by atoms with E-state index in [1.54, 1.807) is 0 Å². The Bertz CT molecular complexity index is 434. The van der Waals surface area contributed by atoms with Crippen molar-refractivity contribution in [1.82, 2.24) is 5.32 Å². The van der Waals surface area contributed by atoms with Gasteiger partial charge in [-0.15, -0.1) is 0 Å². The molecule has 0 unspecified atom stereocenters. The van der Waals surface area contributed by atoms with Crippen molar-refractivity contribution in [3.05, 3.63) is 35.9 Å². The van der Waals surface area contributed by atoms with Gasteiger partial charge in [-0.3, -0.25) is 4.79 Å². The molecular formula is C17H25N2O+. The first-order valence-electron chi connectivity index (χ1n) is 7.96. The highest BCUT2D eigenvalue weighted by Gasteiger charge is 2.27. The van der Waals surface area contributed by atoms with Crippen molar-refractivity contribution in [3.8, 4) is 0 Å². The summed E-state index contributed by atoms with van der Waals surface area (Å²) in [6.07, 6.45) is 6.06. The van der Waals surface area contributed by atoms with Gasteiger partial charge in [0.1, 0.15) is 0 Å². The summed E-state index contributed by atoms with van der Waals surface area (Å²) in [6.45, 7) is 2.97. The van der Waals surface area contributed by atoms with Crippen molar-refractivity contribution in [2.45, 2.75) is 38.1 Å². The van der Waals surface area contributed by atoms with Crippen LogP contribution >= 0.6 is 0 Å². The number of rotatable bonds is 5. The zero-order chi connectivity index (χ0) is 13.8. The highest BCUT2D eigenvalue weighted by atomic mass is 16.2. The molecule has 0 atom stereocenters. The molecule has 108 valence electrons. The molecule has 3 nitrogen and oxygen atoms in total. The minimum atomic E-state index is 0.254. The number of carbonyl (C=O) groups excluding carboxylic acids is 1. The molecule has 2 fully saturated rings. The molecule has 2 N–H and O–H groups in total. The van der Waals surface area contributed by atoms with Gasteiger partial charge in [0.15, 0.2) is 6.54 Å². The summed E-state index contributed by atoms with van der Waals surface area (Å²) < 4.78 is 0. The van der Waals surface area contributed by atoms with Gasteiger partial charge >= 0.3 is 0 Å². The van der Waals surface area contributed by atoms with Crippen LogP contribution < -0.4 is 10.2 Å². The second-order valence-corrected chi connectivity index (χ2v) is 6.40. The number of hydrogen-bond donors (Lipinski definition) is 2. The summed E-state index contributed by atoms with van der Waals surface area (Å²) in [5.41, 5.74) is 1.45. The van der Waals surface area contributed by atoms with Crippen molar-refractivity contribution in [2.24, 2.45) is 5.92 Å². The second-order valence-electron chi connectivity index (χ2n) is 6.40. The summed E-state index contributed by atoms with van der Waals surface area (Å²) in [6, 6.07) is 11.3. The summed E-state index contributed by atoms with van der Waals surface area (Å²) in [5, 5.41) is 3.09. The van der Waals surface area contributed by atoms with E-state index in [-0.39, 0.29) is 5.91 Å². The van der Waals surface area contributed by atoms with Crippen LogP contribution in [0.2, 0.25) is 0 Å². The zero-order valence-electron chi connectivity index (χ0n) is 12.1. The number of carbonyl (C=O) groups is 1. The SMILES string of the molecule is O=C(C[NH+]1CCC(Cc2ccccc2)CC1)NC1CC1. The fourth-order valence-electron chi connectivity index (χ4n) is 3.15. The molecule has 1 aliphatic heterocycles. The molecule has 0 radical (unpaired) electrons. The van der Waals surface area contributed by atoms with Gasteiger partial charge in [-0.05, 0) is 43.6 Å². The molecule has 1 saturated carbocycles. The number of hydrogen-bond acceptors (Lipinski definition) is 1. The van der Waals surface area contributed by atoms with Gasteiger partial charge in [0, 0.05) is 6.04 Å². The van der Waals surface area contributed by atoms with Gasteiger partial charge < -0.3 is 10.2 Å². The van der Waals surface area contributed by atoms with Crippen LogP contribution in [0, 0.1) is 5.92 Å². The van der Waals surface area contributed by atoms with Crippen LogP contribution in [0.15, 0.2) is 30.3 Å². The summed E-state index contributed by atoms with van der Waals surface area (Å²) in [7, 11) is 0. The Balaban J connectivity index is 1.39. The Morgan fingerprint density at radius 3 is 2.45 bits per heavy atom. The first-order chi connectivity index (χ1) is 9.79. The third kappa shape index (κ3) is 4.07. The van der Waals surface area contributed by atoms with Crippen LogP contribution in [0.1, 0.15) is 31.2 Å². The smallest absolute Gasteiger partial charge is 0.275 e. The fourth-order valence-corrected chi connectivity index (χ4v) is 3.15. The van der Waals surface area contributed by atoms with Crippen LogP contribution in [-0.4, -0.2) is 31.6 Å². The number of amides is 1. The Morgan fingerprint density at radius 1 is 1.10 bits per heavy atom. The Labute approximate surface area is 121 Å². The van der Waals surface area contributed by atoms with E-state index in [9.17, 15) is 4.79 Å². The van der Waals surface area contributed by atoms with Gasteiger partial charge in [0.05, 0.1) is 13.1 Å². The van der Waals surface area contributed by atoms with Gasteiger partial charge in [0.25, 0.3) is 5.91 Å².